The summed E-state index contributed by atoms with van der Waals surface area (Å²) in [6.45, 7) is 0. The van der Waals surface area contributed by atoms with Crippen molar-refractivity contribution in [2.45, 2.75) is 5.48 Å². The summed E-state index contributed by atoms with van der Waals surface area (Å²) in [7, 11) is 0. The summed E-state index contributed by atoms with van der Waals surface area (Å²) in [6.07, 6.45) is 0. The van der Waals surface area contributed by atoms with Gasteiger partial charge in [-0.2, -0.15) is 0 Å². The molecule has 24 heavy (non-hydrogen) atoms. The van der Waals surface area contributed by atoms with Gasteiger partial charge in [0.05, 0.1) is 0 Å². The summed E-state index contributed by atoms with van der Waals surface area (Å²) in [6, 6.07) is 25.4. The minimum absolute atomic E-state index is 0.955. The average Bonchev–Trinajstić information content (AvgIpc) is 2.77. The van der Waals surface area contributed by atoms with Gasteiger partial charge in [-0.05, 0) is 0 Å². The van der Waals surface area contributed by atoms with Crippen LogP contribution in [0.3, 0.4) is 0 Å². The molecule has 4 aromatic rings. The Labute approximate surface area is 146 Å². The molecule has 114 valence electrons. The van der Waals surface area contributed by atoms with Crippen LogP contribution in [0.4, 0.5) is 0 Å². The molecule has 0 bridgehead atoms. The van der Waals surface area contributed by atoms with Gasteiger partial charge in [0.1, 0.15) is 0 Å². The first-order valence-electron chi connectivity index (χ1n) is 8.18. The SMILES string of the molecule is [CH3][Ga]1[O]c2ccc3ccccc3c2-c2c(ccc3ccccc23)[O]1. The van der Waals surface area contributed by atoms with Gasteiger partial charge >= 0.3 is 146 Å². The summed E-state index contributed by atoms with van der Waals surface area (Å²) in [5, 5.41) is 4.88. The fourth-order valence-corrected chi connectivity index (χ4v) is 6.02. The second-order valence-electron chi connectivity index (χ2n) is 6.12. The van der Waals surface area contributed by atoms with Crippen LogP contribution < -0.4 is 7.06 Å². The number of hydrogen-bond acceptors (Lipinski definition) is 2. The van der Waals surface area contributed by atoms with Crippen molar-refractivity contribution in [2.24, 2.45) is 0 Å². The van der Waals surface area contributed by atoms with E-state index >= 15 is 0 Å². The van der Waals surface area contributed by atoms with E-state index in [-0.39, 0.29) is 0 Å². The summed E-state index contributed by atoms with van der Waals surface area (Å²) < 4.78 is 12.5. The van der Waals surface area contributed by atoms with Gasteiger partial charge in [-0.15, -0.1) is 0 Å². The zero-order chi connectivity index (χ0) is 16.1. The van der Waals surface area contributed by atoms with Gasteiger partial charge in [0.15, 0.2) is 0 Å². The first-order chi connectivity index (χ1) is 11.8. The van der Waals surface area contributed by atoms with Crippen molar-refractivity contribution >= 4 is 38.5 Å². The maximum absolute atomic E-state index is 6.26. The zero-order valence-corrected chi connectivity index (χ0v) is 15.7. The molecule has 0 N–H and O–H groups in total. The van der Waals surface area contributed by atoms with E-state index in [2.05, 4.69) is 78.3 Å². The second-order valence-corrected chi connectivity index (χ2v) is 9.49. The molecule has 1 aliphatic heterocycles. The molecule has 0 spiro atoms. The summed E-state index contributed by atoms with van der Waals surface area (Å²) in [5.41, 5.74) is 4.45. The van der Waals surface area contributed by atoms with Gasteiger partial charge in [-0.3, -0.25) is 0 Å². The molecule has 5 rings (SSSR count). The summed E-state index contributed by atoms with van der Waals surface area (Å²) in [4.78, 5) is 0. The fourth-order valence-electron chi connectivity index (χ4n) is 3.60. The van der Waals surface area contributed by atoms with Crippen molar-refractivity contribution in [3.8, 4) is 22.6 Å². The maximum atomic E-state index is 6.26. The Balaban J connectivity index is 2.00. The van der Waals surface area contributed by atoms with E-state index < -0.39 is 16.9 Å². The third-order valence-electron chi connectivity index (χ3n) is 4.62. The third kappa shape index (κ3) is 2.05. The van der Waals surface area contributed by atoms with Crippen LogP contribution in [0.2, 0.25) is 5.48 Å². The molecule has 0 amide bonds. The minimum atomic E-state index is -2.28. The van der Waals surface area contributed by atoms with Crippen LogP contribution in [0.25, 0.3) is 32.7 Å². The molecule has 0 unspecified atom stereocenters. The molecular weight excluding hydrogens is 354 g/mol. The molecule has 0 saturated carbocycles. The van der Waals surface area contributed by atoms with E-state index in [9.17, 15) is 0 Å². The molecule has 0 radical (unpaired) electrons. The van der Waals surface area contributed by atoms with Gasteiger partial charge in [0.25, 0.3) is 0 Å². The van der Waals surface area contributed by atoms with Crippen molar-refractivity contribution in [2.75, 3.05) is 0 Å². The molecule has 0 aromatic heterocycles. The number of benzene rings is 4. The number of rotatable bonds is 0. The van der Waals surface area contributed by atoms with E-state index in [1.807, 2.05) is 0 Å². The van der Waals surface area contributed by atoms with E-state index in [0.717, 1.165) is 22.6 Å². The van der Waals surface area contributed by atoms with Crippen LogP contribution in [0, 0.1) is 0 Å². The van der Waals surface area contributed by atoms with E-state index in [0.29, 0.717) is 0 Å². The van der Waals surface area contributed by atoms with Gasteiger partial charge < -0.3 is 0 Å². The van der Waals surface area contributed by atoms with Crippen molar-refractivity contribution in [1.82, 2.24) is 0 Å². The molecule has 1 aliphatic rings. The Bertz CT molecular complexity index is 1000. The molecule has 2 nitrogen and oxygen atoms in total. The fraction of sp³-hybridized carbons (Fsp3) is 0.0476. The summed E-state index contributed by atoms with van der Waals surface area (Å²) >= 11 is -2.28. The van der Waals surface area contributed by atoms with Gasteiger partial charge in [-0.25, -0.2) is 0 Å². The van der Waals surface area contributed by atoms with E-state index in [4.69, 9.17) is 7.06 Å². The first-order valence-corrected chi connectivity index (χ1v) is 12.6. The predicted octanol–water partition coefficient (Wildman–Crippen LogP) is 5.55. The van der Waals surface area contributed by atoms with Crippen molar-refractivity contribution < 1.29 is 7.06 Å². The molecule has 3 heteroatoms. The molecule has 0 atom stereocenters. The van der Waals surface area contributed by atoms with Gasteiger partial charge in [0.2, 0.25) is 0 Å². The topological polar surface area (TPSA) is 18.5 Å². The van der Waals surface area contributed by atoms with E-state index in [1.54, 1.807) is 0 Å². The third-order valence-corrected chi connectivity index (χ3v) is 7.08. The second kappa shape index (κ2) is 5.33. The number of hydrogen-bond donors (Lipinski definition) is 0. The standard InChI is InChI=1S/C20H14O2.CH3.Ga/c21-17-11-9-13-5-1-3-7-15(13)19(17)20-16-8-4-2-6-14(16)10-12-18(20)22;;/h1-12,21-22H;1H3;/q;;+2/p-2. The molecule has 4 aromatic carbocycles. The normalized spacial score (nSPS) is 13.0. The molecule has 0 saturated heterocycles. The molecule has 0 aliphatic carbocycles. The Morgan fingerprint density at radius 1 is 0.583 bits per heavy atom. The van der Waals surface area contributed by atoms with Crippen molar-refractivity contribution in [1.29, 1.82) is 0 Å². The van der Waals surface area contributed by atoms with Crippen LogP contribution >= 0.6 is 0 Å². The quantitative estimate of drug-likeness (QED) is 0.379. The Hall–Kier alpha value is -2.36. The zero-order valence-electron chi connectivity index (χ0n) is 13.3. The molecule has 0 fully saturated rings. The van der Waals surface area contributed by atoms with Crippen LogP contribution in [0.5, 0.6) is 11.5 Å². The van der Waals surface area contributed by atoms with Crippen molar-refractivity contribution in [3.63, 3.8) is 0 Å². The Morgan fingerprint density at radius 3 is 1.54 bits per heavy atom. The monoisotopic (exact) mass is 368 g/mol. The Kier molecular flexibility index (Phi) is 3.11. The van der Waals surface area contributed by atoms with Crippen LogP contribution in [-0.4, -0.2) is 16.9 Å². The predicted molar refractivity (Wildman–Crippen MR) is 99.8 cm³/mol. The van der Waals surface area contributed by atoms with E-state index in [1.165, 1.54) is 21.5 Å². The average molecular weight is 369 g/mol. The van der Waals surface area contributed by atoms with Crippen LogP contribution in [-0.2, 0) is 0 Å². The number of fused-ring (bicyclic) bond motifs is 7. The Morgan fingerprint density at radius 2 is 1.04 bits per heavy atom. The first kappa shape index (κ1) is 14.0. The van der Waals surface area contributed by atoms with Crippen LogP contribution in [0.15, 0.2) is 72.8 Å². The van der Waals surface area contributed by atoms with Gasteiger partial charge in [0, 0.05) is 0 Å². The summed E-state index contributed by atoms with van der Waals surface area (Å²) in [5.74, 6) is 1.91. The van der Waals surface area contributed by atoms with Crippen LogP contribution in [0.1, 0.15) is 0 Å². The molecule has 1 heterocycles. The van der Waals surface area contributed by atoms with Crippen molar-refractivity contribution in [3.05, 3.63) is 72.8 Å². The molecular formula is C21H15GaO2. The van der Waals surface area contributed by atoms with Gasteiger partial charge in [-0.1, -0.05) is 0 Å².